The molecule has 112 valence electrons. The summed E-state index contributed by atoms with van der Waals surface area (Å²) >= 11 is 0. The lowest BCUT2D eigenvalue weighted by Crippen LogP contribution is -2.16. The highest BCUT2D eigenvalue weighted by Gasteiger charge is 2.24. The fourth-order valence-electron chi connectivity index (χ4n) is 1.58. The maximum absolute atomic E-state index is 13.5. The Morgan fingerprint density at radius 2 is 1.95 bits per heavy atom. The molecule has 1 aromatic rings. The molecule has 1 rings (SSSR count). The lowest BCUT2D eigenvalue weighted by atomic mass is 10.2. The Kier molecular flexibility index (Phi) is 5.47. The fourth-order valence-corrected chi connectivity index (χ4v) is 2.49. The molecule has 0 amide bonds. The molecule has 0 aliphatic heterocycles. The SMILES string of the molecule is CCCC(C)OC(=O)c1cc(S(=O)(=O)Cl)c(F)cc1F. The van der Waals surface area contributed by atoms with E-state index in [4.69, 9.17) is 15.4 Å². The zero-order valence-electron chi connectivity index (χ0n) is 10.8. The summed E-state index contributed by atoms with van der Waals surface area (Å²) in [7, 11) is 0.584. The first-order valence-corrected chi connectivity index (χ1v) is 8.12. The molecule has 0 saturated carbocycles. The average Bonchev–Trinajstić information content (AvgIpc) is 2.26. The monoisotopic (exact) mass is 326 g/mol. The number of halogens is 3. The Morgan fingerprint density at radius 1 is 1.35 bits per heavy atom. The standard InChI is InChI=1S/C12H13ClF2O4S/c1-3-4-7(2)19-12(16)8-5-11(20(13,17)18)10(15)6-9(8)14/h5-7H,3-4H2,1-2H3. The van der Waals surface area contributed by atoms with Gasteiger partial charge >= 0.3 is 5.97 Å². The molecule has 0 aliphatic rings. The van der Waals surface area contributed by atoms with Gasteiger partial charge in [0.1, 0.15) is 16.5 Å². The van der Waals surface area contributed by atoms with Crippen molar-refractivity contribution in [2.75, 3.05) is 0 Å². The number of hydrogen-bond donors (Lipinski definition) is 0. The Bertz CT molecular complexity index is 616. The van der Waals surface area contributed by atoms with Crippen molar-refractivity contribution in [3.63, 3.8) is 0 Å². The molecule has 0 N–H and O–H groups in total. The van der Waals surface area contributed by atoms with Gasteiger partial charge in [0.2, 0.25) is 0 Å². The van der Waals surface area contributed by atoms with Crippen LogP contribution in [0.25, 0.3) is 0 Å². The smallest absolute Gasteiger partial charge is 0.341 e. The van der Waals surface area contributed by atoms with E-state index in [-0.39, 0.29) is 6.07 Å². The van der Waals surface area contributed by atoms with Crippen LogP contribution in [0, 0.1) is 11.6 Å². The number of hydrogen-bond acceptors (Lipinski definition) is 4. The highest BCUT2D eigenvalue weighted by Crippen LogP contribution is 2.23. The fraction of sp³-hybridized carbons (Fsp3) is 0.417. The minimum absolute atomic E-state index is 0.288. The Balaban J connectivity index is 3.16. The molecule has 1 unspecified atom stereocenters. The van der Waals surface area contributed by atoms with Gasteiger partial charge in [-0.3, -0.25) is 0 Å². The summed E-state index contributed by atoms with van der Waals surface area (Å²) in [5, 5.41) is 0. The molecule has 0 saturated heterocycles. The molecule has 0 aliphatic carbocycles. The van der Waals surface area contributed by atoms with Crippen molar-refractivity contribution in [1.82, 2.24) is 0 Å². The third kappa shape index (κ3) is 4.14. The van der Waals surface area contributed by atoms with E-state index >= 15 is 0 Å². The van der Waals surface area contributed by atoms with E-state index in [2.05, 4.69) is 0 Å². The third-order valence-corrected chi connectivity index (χ3v) is 3.84. The number of carbonyl (C=O) groups excluding carboxylic acids is 1. The second-order valence-corrected chi connectivity index (χ2v) is 6.74. The van der Waals surface area contributed by atoms with E-state index in [9.17, 15) is 22.0 Å². The van der Waals surface area contributed by atoms with Crippen LogP contribution in [0.5, 0.6) is 0 Å². The highest BCUT2D eigenvalue weighted by molar-refractivity contribution is 8.13. The maximum atomic E-state index is 13.5. The minimum atomic E-state index is -4.42. The highest BCUT2D eigenvalue weighted by atomic mass is 35.7. The lowest BCUT2D eigenvalue weighted by molar-refractivity contribution is 0.0317. The number of ether oxygens (including phenoxy) is 1. The summed E-state index contributed by atoms with van der Waals surface area (Å²) < 4.78 is 54.0. The number of rotatable bonds is 5. The van der Waals surface area contributed by atoms with Crippen molar-refractivity contribution in [2.45, 2.75) is 37.7 Å². The summed E-state index contributed by atoms with van der Waals surface area (Å²) in [6.45, 7) is 3.49. The van der Waals surface area contributed by atoms with Crippen LogP contribution in [-0.4, -0.2) is 20.5 Å². The first-order valence-electron chi connectivity index (χ1n) is 5.81. The summed E-state index contributed by atoms with van der Waals surface area (Å²) in [6, 6.07) is 0.824. The van der Waals surface area contributed by atoms with Gasteiger partial charge in [0, 0.05) is 16.7 Å². The van der Waals surface area contributed by atoms with Crippen molar-refractivity contribution < 1.29 is 26.7 Å². The van der Waals surface area contributed by atoms with E-state index in [1.165, 1.54) is 0 Å². The van der Waals surface area contributed by atoms with Crippen molar-refractivity contribution in [3.8, 4) is 0 Å². The van der Waals surface area contributed by atoms with Crippen molar-refractivity contribution in [3.05, 3.63) is 29.3 Å². The van der Waals surface area contributed by atoms with Gasteiger partial charge < -0.3 is 4.74 Å². The number of carbonyl (C=O) groups is 1. The largest absolute Gasteiger partial charge is 0.459 e. The van der Waals surface area contributed by atoms with Crippen LogP contribution < -0.4 is 0 Å². The molecule has 4 nitrogen and oxygen atoms in total. The van der Waals surface area contributed by atoms with Gasteiger partial charge in [-0.15, -0.1) is 0 Å². The summed E-state index contributed by atoms with van der Waals surface area (Å²) in [5.41, 5.74) is -0.673. The predicted octanol–water partition coefficient (Wildman–Crippen LogP) is 3.24. The topological polar surface area (TPSA) is 60.4 Å². The molecule has 0 spiro atoms. The Hall–Kier alpha value is -1.21. The molecular formula is C12H13ClF2O4S. The van der Waals surface area contributed by atoms with E-state index < -0.39 is 43.2 Å². The van der Waals surface area contributed by atoms with Gasteiger partial charge in [0.05, 0.1) is 11.7 Å². The Labute approximate surface area is 120 Å². The van der Waals surface area contributed by atoms with Crippen molar-refractivity contribution >= 4 is 25.7 Å². The first-order chi connectivity index (χ1) is 9.16. The minimum Gasteiger partial charge on any atom is -0.459 e. The van der Waals surface area contributed by atoms with Gasteiger partial charge in [-0.25, -0.2) is 22.0 Å². The van der Waals surface area contributed by atoms with Crippen molar-refractivity contribution in [1.29, 1.82) is 0 Å². The van der Waals surface area contributed by atoms with Gasteiger partial charge in [0.25, 0.3) is 9.05 Å². The molecule has 8 heteroatoms. The molecule has 1 atom stereocenters. The molecule has 0 bridgehead atoms. The van der Waals surface area contributed by atoms with Crippen molar-refractivity contribution in [2.24, 2.45) is 0 Å². The maximum Gasteiger partial charge on any atom is 0.341 e. The molecule has 0 aromatic heterocycles. The quantitative estimate of drug-likeness (QED) is 0.615. The van der Waals surface area contributed by atoms with Crippen LogP contribution in [-0.2, 0) is 13.8 Å². The van der Waals surface area contributed by atoms with Crippen LogP contribution in [0.2, 0.25) is 0 Å². The zero-order valence-corrected chi connectivity index (χ0v) is 12.4. The Morgan fingerprint density at radius 3 is 2.45 bits per heavy atom. The van der Waals surface area contributed by atoms with E-state index in [0.717, 1.165) is 6.42 Å². The zero-order chi connectivity index (χ0) is 15.5. The summed E-state index contributed by atoms with van der Waals surface area (Å²) in [4.78, 5) is 10.8. The van der Waals surface area contributed by atoms with E-state index in [1.54, 1.807) is 6.92 Å². The second kappa shape index (κ2) is 6.49. The number of esters is 1. The van der Waals surface area contributed by atoms with Gasteiger partial charge in [0.15, 0.2) is 0 Å². The molecular weight excluding hydrogens is 314 g/mol. The lowest BCUT2D eigenvalue weighted by Gasteiger charge is -2.13. The van der Waals surface area contributed by atoms with Crippen LogP contribution in [0.1, 0.15) is 37.0 Å². The molecule has 0 heterocycles. The van der Waals surface area contributed by atoms with Gasteiger partial charge in [-0.05, 0) is 19.4 Å². The predicted molar refractivity (Wildman–Crippen MR) is 69.2 cm³/mol. The van der Waals surface area contributed by atoms with Crippen LogP contribution in [0.4, 0.5) is 8.78 Å². The summed E-state index contributed by atoms with van der Waals surface area (Å²) in [6.07, 6.45) is 0.852. The van der Waals surface area contributed by atoms with Crippen LogP contribution >= 0.6 is 10.7 Å². The first kappa shape index (κ1) is 16.8. The normalized spacial score (nSPS) is 13.1. The van der Waals surface area contributed by atoms with Crippen LogP contribution in [0.3, 0.4) is 0 Å². The number of benzene rings is 1. The third-order valence-electron chi connectivity index (χ3n) is 2.51. The van der Waals surface area contributed by atoms with E-state index in [1.807, 2.05) is 6.92 Å². The summed E-state index contributed by atoms with van der Waals surface area (Å²) in [5.74, 6) is -3.64. The molecule has 0 fully saturated rings. The second-order valence-electron chi connectivity index (χ2n) is 4.20. The molecule has 1 aromatic carbocycles. The van der Waals surface area contributed by atoms with E-state index in [0.29, 0.717) is 12.5 Å². The van der Waals surface area contributed by atoms with Gasteiger partial charge in [-0.2, -0.15) is 0 Å². The van der Waals surface area contributed by atoms with Crippen LogP contribution in [0.15, 0.2) is 17.0 Å². The van der Waals surface area contributed by atoms with Gasteiger partial charge in [-0.1, -0.05) is 13.3 Å². The molecule has 0 radical (unpaired) electrons. The molecule has 20 heavy (non-hydrogen) atoms. The average molecular weight is 327 g/mol.